The van der Waals surface area contributed by atoms with Crippen LogP contribution < -0.4 is 0 Å². The largest absolute Gasteiger partial charge is 0.519 e. The summed E-state index contributed by atoms with van der Waals surface area (Å²) < 4.78 is 13.0. The highest BCUT2D eigenvalue weighted by Crippen LogP contribution is 2.32. The topological polar surface area (TPSA) is 18.5 Å². The fraction of sp³-hybridized carbons (Fsp3) is 0.810. The summed E-state index contributed by atoms with van der Waals surface area (Å²) in [6.07, 6.45) is 17.9. The van der Waals surface area contributed by atoms with Crippen LogP contribution in [0.3, 0.4) is 0 Å². The molecule has 0 spiro atoms. The first-order chi connectivity index (χ1) is 11.7. The highest BCUT2D eigenvalue weighted by atomic mass is 28.4. The van der Waals surface area contributed by atoms with Crippen LogP contribution in [0.2, 0.25) is 18.1 Å². The smallest absolute Gasteiger partial charge is 0.261 e. The lowest BCUT2D eigenvalue weighted by Crippen LogP contribution is -2.38. The summed E-state index contributed by atoms with van der Waals surface area (Å²) >= 11 is 0. The summed E-state index contributed by atoms with van der Waals surface area (Å²) in [5.41, 5.74) is 0. The van der Waals surface area contributed by atoms with E-state index in [-0.39, 0.29) is 6.10 Å². The second-order valence-electron chi connectivity index (χ2n) is 7.22. The van der Waals surface area contributed by atoms with Crippen LogP contribution in [-0.4, -0.2) is 14.4 Å². The Morgan fingerprint density at radius 3 is 2.04 bits per heavy atom. The maximum Gasteiger partial charge on any atom is 0.261 e. The van der Waals surface area contributed by atoms with Crippen LogP contribution in [0, 0.1) is 0 Å². The Hall–Kier alpha value is -0.703. The lowest BCUT2D eigenvalue weighted by Gasteiger charge is -2.34. The normalized spacial score (nSPS) is 18.7. The molecule has 24 heavy (non-hydrogen) atoms. The van der Waals surface area contributed by atoms with Gasteiger partial charge in [0, 0.05) is 0 Å². The van der Waals surface area contributed by atoms with E-state index in [9.17, 15) is 0 Å². The molecule has 1 atom stereocenters. The summed E-state index contributed by atoms with van der Waals surface area (Å²) in [5.74, 6) is 0.807. The standard InChI is InChI=1S/C21H40O2Si/c1-5-9-17-24(18-10-6-2,19-11-7-3)23-21(8-4)22-20-15-13-12-14-16-20/h8,13,15,20H,5-7,9-12,14,16-19H2,1-4H3/b21-8+/t20-/m1/s1. The van der Waals surface area contributed by atoms with Crippen LogP contribution in [0.25, 0.3) is 0 Å². The van der Waals surface area contributed by atoms with Crippen molar-refractivity contribution in [2.24, 2.45) is 0 Å². The van der Waals surface area contributed by atoms with Gasteiger partial charge in [-0.1, -0.05) is 65.4 Å². The molecule has 0 bridgehead atoms. The third kappa shape index (κ3) is 7.91. The van der Waals surface area contributed by atoms with Crippen molar-refractivity contribution in [3.63, 3.8) is 0 Å². The van der Waals surface area contributed by atoms with Gasteiger partial charge in [-0.3, -0.25) is 0 Å². The van der Waals surface area contributed by atoms with Gasteiger partial charge in [-0.05, 0) is 56.5 Å². The molecule has 0 saturated carbocycles. The molecule has 0 amide bonds. The Bertz CT molecular complexity index is 354. The van der Waals surface area contributed by atoms with Gasteiger partial charge in [0.15, 0.2) is 0 Å². The average molecular weight is 353 g/mol. The molecule has 3 heteroatoms. The lowest BCUT2D eigenvalue weighted by molar-refractivity contribution is 0.0547. The monoisotopic (exact) mass is 352 g/mol. The van der Waals surface area contributed by atoms with E-state index in [4.69, 9.17) is 9.16 Å². The zero-order valence-electron chi connectivity index (χ0n) is 16.6. The van der Waals surface area contributed by atoms with Crippen molar-refractivity contribution in [1.29, 1.82) is 0 Å². The van der Waals surface area contributed by atoms with E-state index in [1.54, 1.807) is 0 Å². The number of allylic oxidation sites excluding steroid dienone is 2. The third-order valence-electron chi connectivity index (χ3n) is 4.99. The summed E-state index contributed by atoms with van der Waals surface area (Å²) in [6, 6.07) is 3.85. The first-order valence-corrected chi connectivity index (χ1v) is 12.9. The minimum absolute atomic E-state index is 0.208. The average Bonchev–Trinajstić information content (AvgIpc) is 2.63. The first kappa shape index (κ1) is 21.3. The van der Waals surface area contributed by atoms with Crippen molar-refractivity contribution in [2.75, 3.05) is 0 Å². The van der Waals surface area contributed by atoms with Gasteiger partial charge in [0.25, 0.3) is 14.3 Å². The second-order valence-corrected chi connectivity index (χ2v) is 11.3. The fourth-order valence-corrected chi connectivity index (χ4v) is 8.06. The molecule has 0 unspecified atom stereocenters. The van der Waals surface area contributed by atoms with Crippen molar-refractivity contribution in [3.05, 3.63) is 24.2 Å². The quantitative estimate of drug-likeness (QED) is 0.196. The van der Waals surface area contributed by atoms with E-state index < -0.39 is 8.32 Å². The summed E-state index contributed by atoms with van der Waals surface area (Å²) in [6.45, 7) is 8.93. The third-order valence-corrected chi connectivity index (χ3v) is 9.42. The van der Waals surface area contributed by atoms with E-state index in [0.29, 0.717) is 0 Å². The van der Waals surface area contributed by atoms with Gasteiger partial charge in [0.1, 0.15) is 6.10 Å². The van der Waals surface area contributed by atoms with Gasteiger partial charge < -0.3 is 9.16 Å². The van der Waals surface area contributed by atoms with Crippen LogP contribution in [0.1, 0.15) is 85.5 Å². The molecule has 1 rings (SSSR count). The predicted molar refractivity (Wildman–Crippen MR) is 108 cm³/mol. The molecule has 140 valence electrons. The molecule has 0 saturated heterocycles. The molecule has 1 aliphatic rings. The predicted octanol–water partition coefficient (Wildman–Crippen LogP) is 7.34. The molecule has 0 radical (unpaired) electrons. The molecule has 0 aromatic rings. The molecule has 2 nitrogen and oxygen atoms in total. The van der Waals surface area contributed by atoms with E-state index in [0.717, 1.165) is 12.4 Å². The van der Waals surface area contributed by atoms with Crippen molar-refractivity contribution in [3.8, 4) is 0 Å². The Morgan fingerprint density at radius 2 is 1.62 bits per heavy atom. The molecule has 0 fully saturated rings. The number of hydrogen-bond donors (Lipinski definition) is 0. The Kier molecular flexibility index (Phi) is 11.2. The van der Waals surface area contributed by atoms with Crippen LogP contribution in [0.4, 0.5) is 0 Å². The van der Waals surface area contributed by atoms with Crippen molar-refractivity contribution in [2.45, 2.75) is 110 Å². The minimum atomic E-state index is -1.74. The molecule has 0 aromatic carbocycles. The van der Waals surface area contributed by atoms with Gasteiger partial charge in [0.05, 0.1) is 0 Å². The molecule has 0 aromatic heterocycles. The minimum Gasteiger partial charge on any atom is -0.519 e. The van der Waals surface area contributed by atoms with E-state index >= 15 is 0 Å². The molecular formula is C21H40O2Si. The number of rotatable bonds is 13. The highest BCUT2D eigenvalue weighted by Gasteiger charge is 2.36. The van der Waals surface area contributed by atoms with E-state index in [2.05, 4.69) is 39.8 Å². The zero-order chi connectivity index (χ0) is 17.7. The van der Waals surface area contributed by atoms with Gasteiger partial charge in [-0.15, -0.1) is 0 Å². The Morgan fingerprint density at radius 1 is 1.04 bits per heavy atom. The van der Waals surface area contributed by atoms with Gasteiger partial charge in [0.2, 0.25) is 0 Å². The van der Waals surface area contributed by atoms with Gasteiger partial charge in [-0.2, -0.15) is 0 Å². The maximum absolute atomic E-state index is 6.74. The SMILES string of the molecule is C/C=C(\O[C@@H]1C=CCCC1)O[Si](CCCC)(CCCC)CCCC. The summed E-state index contributed by atoms with van der Waals surface area (Å²) in [5, 5.41) is 0. The first-order valence-electron chi connectivity index (χ1n) is 10.4. The number of ether oxygens (including phenoxy) is 1. The number of unbranched alkanes of at least 4 members (excludes halogenated alkanes) is 3. The van der Waals surface area contributed by atoms with Crippen molar-refractivity contribution >= 4 is 8.32 Å². The van der Waals surface area contributed by atoms with Crippen LogP contribution in [-0.2, 0) is 9.16 Å². The molecule has 0 heterocycles. The second kappa shape index (κ2) is 12.6. The summed E-state index contributed by atoms with van der Waals surface area (Å²) in [7, 11) is -1.74. The van der Waals surface area contributed by atoms with E-state index in [1.807, 2.05) is 6.08 Å². The fourth-order valence-electron chi connectivity index (χ4n) is 3.42. The lowest BCUT2D eigenvalue weighted by atomic mass is 10.1. The maximum atomic E-state index is 6.74. The molecular weight excluding hydrogens is 312 g/mol. The zero-order valence-corrected chi connectivity index (χ0v) is 17.6. The van der Waals surface area contributed by atoms with Crippen molar-refractivity contribution in [1.82, 2.24) is 0 Å². The Labute approximate surface area is 151 Å². The molecule has 0 N–H and O–H groups in total. The molecule has 1 aliphatic carbocycles. The Balaban J connectivity index is 2.79. The van der Waals surface area contributed by atoms with Crippen LogP contribution in [0.5, 0.6) is 0 Å². The summed E-state index contributed by atoms with van der Waals surface area (Å²) in [4.78, 5) is 0. The highest BCUT2D eigenvalue weighted by molar-refractivity contribution is 6.74. The van der Waals surface area contributed by atoms with Gasteiger partial charge >= 0.3 is 0 Å². The van der Waals surface area contributed by atoms with Crippen LogP contribution >= 0.6 is 0 Å². The van der Waals surface area contributed by atoms with E-state index in [1.165, 1.54) is 69.5 Å². The van der Waals surface area contributed by atoms with Gasteiger partial charge in [-0.25, -0.2) is 0 Å². The van der Waals surface area contributed by atoms with Crippen molar-refractivity contribution < 1.29 is 9.16 Å². The molecule has 0 aliphatic heterocycles. The number of hydrogen-bond acceptors (Lipinski definition) is 2. The van der Waals surface area contributed by atoms with Crippen LogP contribution in [0.15, 0.2) is 24.2 Å².